The molecule has 0 atom stereocenters. The fraction of sp³-hybridized carbons (Fsp3) is 0.600. The topological polar surface area (TPSA) is 72.6 Å². The fourth-order valence-electron chi connectivity index (χ4n) is 2.50. The van der Waals surface area contributed by atoms with Crippen LogP contribution in [0.25, 0.3) is 0 Å². The van der Waals surface area contributed by atoms with Crippen LogP contribution in [0.2, 0.25) is 0 Å². The summed E-state index contributed by atoms with van der Waals surface area (Å²) in [5, 5.41) is 17.9. The highest BCUT2D eigenvalue weighted by atomic mass is 16.5. The number of anilines is 1. The molecule has 1 fully saturated rings. The smallest absolute Gasteiger partial charge is 0.146 e. The van der Waals surface area contributed by atoms with Gasteiger partial charge in [-0.15, -0.1) is 0 Å². The van der Waals surface area contributed by atoms with Gasteiger partial charge in [0.25, 0.3) is 0 Å². The molecule has 1 N–H and O–H groups in total. The average Bonchev–Trinajstić information content (AvgIpc) is 2.77. The van der Waals surface area contributed by atoms with Gasteiger partial charge in [-0.2, -0.15) is 5.26 Å². The number of aliphatic hydroxyl groups excluding tert-OH is 1. The highest BCUT2D eigenvalue weighted by molar-refractivity contribution is 5.53. The van der Waals surface area contributed by atoms with Gasteiger partial charge in [0.15, 0.2) is 0 Å². The zero-order valence-electron chi connectivity index (χ0n) is 12.2. The minimum absolute atomic E-state index is 0.0738. The molecule has 6 nitrogen and oxygen atoms in total. The van der Waals surface area contributed by atoms with Gasteiger partial charge >= 0.3 is 0 Å². The van der Waals surface area contributed by atoms with Crippen molar-refractivity contribution in [3.8, 4) is 6.07 Å². The largest absolute Gasteiger partial charge is 0.394 e. The number of hydrogen-bond acceptors (Lipinski definition) is 6. The van der Waals surface area contributed by atoms with Crippen molar-refractivity contribution in [2.24, 2.45) is 0 Å². The SMILES string of the molecule is N#Cc1cccnc1N1CCCN(CCOCCO)CC1. The summed E-state index contributed by atoms with van der Waals surface area (Å²) in [6, 6.07) is 5.82. The van der Waals surface area contributed by atoms with Crippen molar-refractivity contribution in [1.82, 2.24) is 9.88 Å². The Bertz CT molecular complexity index is 475. The summed E-state index contributed by atoms with van der Waals surface area (Å²) in [7, 11) is 0. The van der Waals surface area contributed by atoms with Crippen molar-refractivity contribution in [3.63, 3.8) is 0 Å². The van der Waals surface area contributed by atoms with Crippen molar-refractivity contribution < 1.29 is 9.84 Å². The molecule has 0 amide bonds. The van der Waals surface area contributed by atoms with Crippen LogP contribution in [-0.4, -0.2) is 67.5 Å². The average molecular weight is 290 g/mol. The third-order valence-corrected chi connectivity index (χ3v) is 3.58. The van der Waals surface area contributed by atoms with Crippen LogP contribution in [0.15, 0.2) is 18.3 Å². The van der Waals surface area contributed by atoms with Crippen LogP contribution in [0.3, 0.4) is 0 Å². The van der Waals surface area contributed by atoms with E-state index in [9.17, 15) is 5.26 Å². The number of nitriles is 1. The first-order valence-electron chi connectivity index (χ1n) is 7.36. The third kappa shape index (κ3) is 4.67. The number of hydrogen-bond donors (Lipinski definition) is 1. The maximum atomic E-state index is 9.17. The fourth-order valence-corrected chi connectivity index (χ4v) is 2.50. The highest BCUT2D eigenvalue weighted by Gasteiger charge is 2.17. The van der Waals surface area contributed by atoms with E-state index in [1.54, 1.807) is 12.3 Å². The molecular formula is C15H22N4O2. The maximum absolute atomic E-state index is 9.17. The van der Waals surface area contributed by atoms with Crippen LogP contribution >= 0.6 is 0 Å². The molecule has 1 aromatic rings. The monoisotopic (exact) mass is 290 g/mol. The van der Waals surface area contributed by atoms with Crippen molar-refractivity contribution in [3.05, 3.63) is 23.9 Å². The van der Waals surface area contributed by atoms with Crippen LogP contribution in [0.5, 0.6) is 0 Å². The Labute approximate surface area is 125 Å². The first kappa shape index (κ1) is 15.7. The van der Waals surface area contributed by atoms with E-state index in [-0.39, 0.29) is 6.61 Å². The summed E-state index contributed by atoms with van der Waals surface area (Å²) in [5.74, 6) is 0.790. The Morgan fingerprint density at radius 2 is 2.19 bits per heavy atom. The van der Waals surface area contributed by atoms with Gasteiger partial charge in [0, 0.05) is 32.4 Å². The van der Waals surface area contributed by atoms with Crippen molar-refractivity contribution >= 4 is 5.82 Å². The minimum atomic E-state index is 0.0738. The predicted molar refractivity (Wildman–Crippen MR) is 80.1 cm³/mol. The molecule has 2 heterocycles. The van der Waals surface area contributed by atoms with Gasteiger partial charge in [0.2, 0.25) is 0 Å². The van der Waals surface area contributed by atoms with Gasteiger partial charge in [0.05, 0.1) is 25.4 Å². The van der Waals surface area contributed by atoms with Crippen molar-refractivity contribution in [2.75, 3.05) is 57.4 Å². The molecule has 21 heavy (non-hydrogen) atoms. The molecule has 1 aliphatic rings. The molecule has 0 spiro atoms. The lowest BCUT2D eigenvalue weighted by Gasteiger charge is -2.23. The quantitative estimate of drug-likeness (QED) is 0.768. The zero-order chi connectivity index (χ0) is 14.9. The highest BCUT2D eigenvalue weighted by Crippen LogP contribution is 2.18. The Morgan fingerprint density at radius 3 is 3.00 bits per heavy atom. The summed E-state index contributed by atoms with van der Waals surface area (Å²) in [5.41, 5.74) is 0.636. The standard InChI is InChI=1S/C15H22N4O2/c16-13-14-3-1-4-17-15(14)19-6-2-5-18(7-8-19)9-11-21-12-10-20/h1,3-4,20H,2,5-12H2. The summed E-state index contributed by atoms with van der Waals surface area (Å²) < 4.78 is 5.31. The summed E-state index contributed by atoms with van der Waals surface area (Å²) in [6.45, 7) is 5.74. The molecule has 1 saturated heterocycles. The lowest BCUT2D eigenvalue weighted by molar-refractivity contribution is 0.0750. The normalized spacial score (nSPS) is 16.5. The van der Waals surface area contributed by atoms with E-state index >= 15 is 0 Å². The molecule has 0 radical (unpaired) electrons. The molecule has 0 saturated carbocycles. The van der Waals surface area contributed by atoms with Crippen molar-refractivity contribution in [2.45, 2.75) is 6.42 Å². The summed E-state index contributed by atoms with van der Waals surface area (Å²) >= 11 is 0. The van der Waals surface area contributed by atoms with Crippen LogP contribution < -0.4 is 4.90 Å². The first-order chi connectivity index (χ1) is 10.3. The van der Waals surface area contributed by atoms with E-state index in [0.29, 0.717) is 18.8 Å². The van der Waals surface area contributed by atoms with Crippen LogP contribution in [0.1, 0.15) is 12.0 Å². The number of aliphatic hydroxyl groups is 1. The Kier molecular flexibility index (Phi) is 6.41. The van der Waals surface area contributed by atoms with E-state index in [0.717, 1.165) is 45.0 Å². The first-order valence-corrected chi connectivity index (χ1v) is 7.36. The number of aromatic nitrogens is 1. The van der Waals surface area contributed by atoms with E-state index < -0.39 is 0 Å². The lowest BCUT2D eigenvalue weighted by Crippen LogP contribution is -2.33. The van der Waals surface area contributed by atoms with Gasteiger partial charge < -0.3 is 14.7 Å². The van der Waals surface area contributed by atoms with Crippen LogP contribution in [0, 0.1) is 11.3 Å². The van der Waals surface area contributed by atoms with E-state index in [4.69, 9.17) is 9.84 Å². The molecule has 2 rings (SSSR count). The molecule has 1 aromatic heterocycles. The maximum Gasteiger partial charge on any atom is 0.146 e. The molecule has 6 heteroatoms. The van der Waals surface area contributed by atoms with E-state index in [2.05, 4.69) is 20.9 Å². The molecule has 0 unspecified atom stereocenters. The molecule has 0 aliphatic carbocycles. The Balaban J connectivity index is 1.87. The van der Waals surface area contributed by atoms with E-state index in [1.807, 2.05) is 6.07 Å². The van der Waals surface area contributed by atoms with Gasteiger partial charge in [-0.05, 0) is 25.1 Å². The van der Waals surface area contributed by atoms with E-state index in [1.165, 1.54) is 0 Å². The summed E-state index contributed by atoms with van der Waals surface area (Å²) in [4.78, 5) is 8.90. The molecule has 0 bridgehead atoms. The lowest BCUT2D eigenvalue weighted by atomic mass is 10.2. The minimum Gasteiger partial charge on any atom is -0.394 e. The van der Waals surface area contributed by atoms with Crippen LogP contribution in [0.4, 0.5) is 5.82 Å². The van der Waals surface area contributed by atoms with Crippen molar-refractivity contribution in [1.29, 1.82) is 5.26 Å². The predicted octanol–water partition coefficient (Wildman–Crippen LogP) is 0.474. The Hall–Kier alpha value is -1.68. The van der Waals surface area contributed by atoms with Gasteiger partial charge in [-0.25, -0.2) is 4.98 Å². The molecule has 114 valence electrons. The molecule has 1 aliphatic heterocycles. The van der Waals surface area contributed by atoms with Gasteiger partial charge in [-0.3, -0.25) is 4.90 Å². The molecule has 0 aromatic carbocycles. The molecular weight excluding hydrogens is 268 g/mol. The second-order valence-corrected chi connectivity index (χ2v) is 5.00. The Morgan fingerprint density at radius 1 is 1.29 bits per heavy atom. The number of nitrogens with zero attached hydrogens (tertiary/aromatic N) is 4. The zero-order valence-corrected chi connectivity index (χ0v) is 12.2. The second-order valence-electron chi connectivity index (χ2n) is 5.00. The second kappa shape index (κ2) is 8.57. The van der Waals surface area contributed by atoms with Gasteiger partial charge in [0.1, 0.15) is 11.9 Å². The van der Waals surface area contributed by atoms with Gasteiger partial charge in [-0.1, -0.05) is 0 Å². The number of rotatable bonds is 6. The number of pyridine rings is 1. The summed E-state index contributed by atoms with van der Waals surface area (Å²) in [6.07, 6.45) is 2.78. The number of ether oxygens (including phenoxy) is 1. The van der Waals surface area contributed by atoms with Crippen LogP contribution in [-0.2, 0) is 4.74 Å². The third-order valence-electron chi connectivity index (χ3n) is 3.58.